The number of halogens is 3. The fourth-order valence-electron chi connectivity index (χ4n) is 3.08. The molecule has 0 aliphatic carbocycles. The normalized spacial score (nSPS) is 14.5. The lowest BCUT2D eigenvalue weighted by Gasteiger charge is -2.25. The van der Waals surface area contributed by atoms with Gasteiger partial charge in [0.1, 0.15) is 0 Å². The quantitative estimate of drug-likeness (QED) is 0.383. The van der Waals surface area contributed by atoms with Gasteiger partial charge in [-0.05, 0) is 41.8 Å². The number of fused-ring (bicyclic) bond motifs is 2. The number of alkyl halides is 2. The van der Waals surface area contributed by atoms with Crippen LogP contribution in [0.3, 0.4) is 0 Å². The van der Waals surface area contributed by atoms with E-state index in [2.05, 4.69) is 35.6 Å². The summed E-state index contributed by atoms with van der Waals surface area (Å²) in [6.45, 7) is 0. The second-order valence-corrected chi connectivity index (χ2v) is 6.70. The third-order valence-corrected chi connectivity index (χ3v) is 4.55. The summed E-state index contributed by atoms with van der Waals surface area (Å²) in [5, 5.41) is 8.83. The predicted octanol–water partition coefficient (Wildman–Crippen LogP) is 4.51. The van der Waals surface area contributed by atoms with Gasteiger partial charge in [0.15, 0.2) is 17.4 Å². The van der Waals surface area contributed by atoms with Gasteiger partial charge in [-0.15, -0.1) is 0 Å². The summed E-state index contributed by atoms with van der Waals surface area (Å²) in [5.41, 5.74) is 1.92. The molecule has 2 aromatic heterocycles. The molecule has 0 radical (unpaired) electrons. The Hall–Kier alpha value is -4.28. The number of hydrogen-bond donors (Lipinski definition) is 4. The van der Waals surface area contributed by atoms with E-state index in [1.165, 1.54) is 18.2 Å². The van der Waals surface area contributed by atoms with Gasteiger partial charge >= 0.3 is 12.0 Å². The van der Waals surface area contributed by atoms with E-state index in [1.807, 2.05) is 30.5 Å². The van der Waals surface area contributed by atoms with Crippen LogP contribution in [0.1, 0.15) is 0 Å². The number of aromatic nitrogens is 3. The maximum absolute atomic E-state index is 14.2. The fraction of sp³-hybridized carbons (Fsp3) is 0.0500. The molecular formula is C20H13F3N6O2. The topological polar surface area (TPSA) is 104 Å². The summed E-state index contributed by atoms with van der Waals surface area (Å²) in [6.07, 6.45) is -1.14. The average Bonchev–Trinajstić information content (AvgIpc) is 3.19. The minimum absolute atomic E-state index is 0.0213. The van der Waals surface area contributed by atoms with Crippen molar-refractivity contribution < 1.29 is 22.7 Å². The zero-order chi connectivity index (χ0) is 21.6. The summed E-state index contributed by atoms with van der Waals surface area (Å²) in [7, 11) is 0. The Morgan fingerprint density at radius 3 is 2.71 bits per heavy atom. The van der Waals surface area contributed by atoms with Gasteiger partial charge in [-0.3, -0.25) is 4.79 Å². The summed E-state index contributed by atoms with van der Waals surface area (Å²) in [6, 6.07) is 11.5. The van der Waals surface area contributed by atoms with Crippen molar-refractivity contribution in [2.75, 3.05) is 16.0 Å². The lowest BCUT2D eigenvalue weighted by atomic mass is 10.2. The zero-order valence-corrected chi connectivity index (χ0v) is 15.5. The summed E-state index contributed by atoms with van der Waals surface area (Å²) in [4.78, 5) is 22.5. The van der Waals surface area contributed by atoms with E-state index in [0.717, 1.165) is 17.1 Å². The smallest absolute Gasteiger partial charge is 0.423 e. The highest BCUT2D eigenvalue weighted by Gasteiger charge is 2.46. The van der Waals surface area contributed by atoms with Crippen molar-refractivity contribution in [3.8, 4) is 5.75 Å². The number of benzene rings is 2. The second kappa shape index (κ2) is 6.90. The Balaban J connectivity index is 1.38. The molecular weight excluding hydrogens is 413 g/mol. The Morgan fingerprint density at radius 1 is 1.03 bits per heavy atom. The molecule has 0 saturated heterocycles. The number of aromatic amines is 1. The van der Waals surface area contributed by atoms with E-state index in [-0.39, 0.29) is 23.2 Å². The molecule has 8 nitrogen and oxygen atoms in total. The van der Waals surface area contributed by atoms with Crippen molar-refractivity contribution >= 4 is 45.6 Å². The van der Waals surface area contributed by atoms with Crippen LogP contribution in [0, 0.1) is 5.82 Å². The first-order valence-electron chi connectivity index (χ1n) is 9.03. The average molecular weight is 426 g/mol. The van der Waals surface area contributed by atoms with Crippen LogP contribution in [-0.4, -0.2) is 27.0 Å². The van der Waals surface area contributed by atoms with Crippen molar-refractivity contribution in [1.82, 2.24) is 15.0 Å². The van der Waals surface area contributed by atoms with Crippen molar-refractivity contribution in [2.24, 2.45) is 0 Å². The second-order valence-electron chi connectivity index (χ2n) is 6.70. The molecule has 0 bridgehead atoms. The summed E-state index contributed by atoms with van der Waals surface area (Å²) in [5.74, 6) is -2.53. The highest BCUT2D eigenvalue weighted by Crippen LogP contribution is 2.37. The number of carbonyl (C=O) groups is 1. The largest absolute Gasteiger partial charge is 0.482 e. The molecule has 31 heavy (non-hydrogen) atoms. The molecule has 4 N–H and O–H groups in total. The Morgan fingerprint density at radius 2 is 1.84 bits per heavy atom. The van der Waals surface area contributed by atoms with Crippen molar-refractivity contribution in [3.05, 3.63) is 60.7 Å². The first-order valence-corrected chi connectivity index (χ1v) is 9.03. The molecule has 0 fully saturated rings. The minimum atomic E-state index is -3.95. The molecule has 0 unspecified atom stereocenters. The molecule has 2 aromatic carbocycles. The van der Waals surface area contributed by atoms with Crippen molar-refractivity contribution in [3.63, 3.8) is 0 Å². The highest BCUT2D eigenvalue weighted by molar-refractivity contribution is 5.99. The predicted molar refractivity (Wildman–Crippen MR) is 108 cm³/mol. The van der Waals surface area contributed by atoms with Gasteiger partial charge in [-0.25, -0.2) is 9.37 Å². The maximum atomic E-state index is 14.2. The number of carbonyl (C=O) groups excluding carboxylic acids is 1. The number of hydrogen-bond acceptors (Lipinski definition) is 6. The first kappa shape index (κ1) is 18.7. The monoisotopic (exact) mass is 426 g/mol. The Bertz CT molecular complexity index is 1320. The number of nitrogens with one attached hydrogen (secondary N) is 4. The van der Waals surface area contributed by atoms with Gasteiger partial charge in [0.05, 0.1) is 11.9 Å². The van der Waals surface area contributed by atoms with Crippen LogP contribution in [0.2, 0.25) is 0 Å². The van der Waals surface area contributed by atoms with Crippen molar-refractivity contribution in [1.29, 1.82) is 0 Å². The Labute approximate surface area is 172 Å². The third kappa shape index (κ3) is 3.56. The first-order chi connectivity index (χ1) is 14.9. The summed E-state index contributed by atoms with van der Waals surface area (Å²) < 4.78 is 45.3. The molecule has 1 aliphatic rings. The van der Waals surface area contributed by atoms with Gasteiger partial charge in [0.25, 0.3) is 0 Å². The molecule has 1 aliphatic heterocycles. The number of anilines is 5. The van der Waals surface area contributed by atoms with Crippen molar-refractivity contribution in [2.45, 2.75) is 6.11 Å². The molecule has 5 rings (SSSR count). The van der Waals surface area contributed by atoms with Crippen LogP contribution in [0.5, 0.6) is 5.75 Å². The number of H-pyrrole nitrogens is 1. The molecule has 0 atom stereocenters. The van der Waals surface area contributed by atoms with E-state index in [0.29, 0.717) is 11.4 Å². The molecule has 4 aromatic rings. The van der Waals surface area contributed by atoms with Crippen LogP contribution in [0.4, 0.5) is 42.0 Å². The molecule has 11 heteroatoms. The number of ether oxygens (including phenoxy) is 1. The Kier molecular flexibility index (Phi) is 4.17. The van der Waals surface area contributed by atoms with E-state index in [9.17, 15) is 18.0 Å². The molecule has 1 amide bonds. The number of nitrogens with zero attached hydrogens (tertiary/aromatic N) is 2. The van der Waals surface area contributed by atoms with Gasteiger partial charge in [-0.1, -0.05) is 6.07 Å². The third-order valence-electron chi connectivity index (χ3n) is 4.55. The van der Waals surface area contributed by atoms with Gasteiger partial charge in [-0.2, -0.15) is 13.8 Å². The van der Waals surface area contributed by atoms with Crippen LogP contribution in [0.25, 0.3) is 10.9 Å². The van der Waals surface area contributed by atoms with E-state index < -0.39 is 17.8 Å². The van der Waals surface area contributed by atoms with Crippen LogP contribution in [-0.2, 0) is 4.79 Å². The van der Waals surface area contributed by atoms with E-state index >= 15 is 0 Å². The zero-order valence-electron chi connectivity index (χ0n) is 15.5. The SMILES string of the molecule is O=C1Nc2cc(Nc3nc(Nc4ccc5cc[nH]c5c4)ncc3F)ccc2OC1(F)F. The molecule has 0 saturated carbocycles. The standard InChI is InChI=1S/C20H13F3N6O2/c21-13-9-25-19(27-12-2-1-10-5-6-24-14(10)7-12)29-17(13)26-11-3-4-16-15(8-11)28-18(30)20(22,23)31-16/h1-9,24H,(H,28,30)(H2,25,26,27,29). The van der Waals surface area contributed by atoms with Crippen LogP contribution < -0.4 is 20.7 Å². The minimum Gasteiger partial charge on any atom is -0.423 e. The lowest BCUT2D eigenvalue weighted by Crippen LogP contribution is -2.43. The maximum Gasteiger partial charge on any atom is 0.482 e. The fourth-order valence-corrected chi connectivity index (χ4v) is 3.08. The highest BCUT2D eigenvalue weighted by atomic mass is 19.3. The van der Waals surface area contributed by atoms with Gasteiger partial charge in [0.2, 0.25) is 5.95 Å². The van der Waals surface area contributed by atoms with Crippen LogP contribution in [0.15, 0.2) is 54.9 Å². The van der Waals surface area contributed by atoms with E-state index in [4.69, 9.17) is 0 Å². The van der Waals surface area contributed by atoms with Crippen LogP contribution >= 0.6 is 0 Å². The van der Waals surface area contributed by atoms with Gasteiger partial charge in [0, 0.05) is 23.1 Å². The van der Waals surface area contributed by atoms with Gasteiger partial charge < -0.3 is 25.7 Å². The number of amides is 1. The molecule has 156 valence electrons. The van der Waals surface area contributed by atoms with E-state index in [1.54, 1.807) is 0 Å². The molecule has 3 heterocycles. The number of rotatable bonds is 4. The molecule has 0 spiro atoms. The summed E-state index contributed by atoms with van der Waals surface area (Å²) >= 11 is 0. The lowest BCUT2D eigenvalue weighted by molar-refractivity contribution is -0.189.